The highest BCUT2D eigenvalue weighted by Crippen LogP contribution is 2.23. The van der Waals surface area contributed by atoms with Crippen LogP contribution in [0.1, 0.15) is 31.0 Å². The molecule has 1 N–H and O–H groups in total. The molecule has 0 radical (unpaired) electrons. The molecule has 0 saturated heterocycles. The molecule has 100 valence electrons. The number of aromatic nitrogens is 2. The summed E-state index contributed by atoms with van der Waals surface area (Å²) in [4.78, 5) is 8.40. The smallest absolute Gasteiger partial charge is 0.186 e. The standard InChI is InChI=1S/C15H18FN3/c1-9(2)11-5-7-12(8-6-11)14-18-10(3)13(16)15(17-4)19-14/h5-9H,1-4H3,(H,17,18,19). The summed E-state index contributed by atoms with van der Waals surface area (Å²) in [6.45, 7) is 5.93. The van der Waals surface area contributed by atoms with Gasteiger partial charge in [0.2, 0.25) is 0 Å². The van der Waals surface area contributed by atoms with Gasteiger partial charge < -0.3 is 5.32 Å². The summed E-state index contributed by atoms with van der Waals surface area (Å²) < 4.78 is 13.7. The van der Waals surface area contributed by atoms with E-state index in [1.54, 1.807) is 14.0 Å². The first-order valence-electron chi connectivity index (χ1n) is 6.35. The number of benzene rings is 1. The van der Waals surface area contributed by atoms with E-state index in [-0.39, 0.29) is 5.82 Å². The Morgan fingerprint density at radius 3 is 2.26 bits per heavy atom. The van der Waals surface area contributed by atoms with E-state index >= 15 is 0 Å². The van der Waals surface area contributed by atoms with E-state index < -0.39 is 5.82 Å². The molecule has 3 nitrogen and oxygen atoms in total. The summed E-state index contributed by atoms with van der Waals surface area (Å²) in [5, 5.41) is 2.75. The van der Waals surface area contributed by atoms with Crippen molar-refractivity contribution in [2.24, 2.45) is 0 Å². The molecule has 0 bridgehead atoms. The van der Waals surface area contributed by atoms with Crippen LogP contribution < -0.4 is 5.32 Å². The Hall–Kier alpha value is -1.97. The molecule has 0 aliphatic rings. The van der Waals surface area contributed by atoms with Crippen LogP contribution in [0.15, 0.2) is 24.3 Å². The Balaban J connectivity index is 2.44. The predicted molar refractivity (Wildman–Crippen MR) is 75.8 cm³/mol. The molecule has 19 heavy (non-hydrogen) atoms. The molecule has 0 unspecified atom stereocenters. The molecule has 0 atom stereocenters. The van der Waals surface area contributed by atoms with Crippen LogP contribution >= 0.6 is 0 Å². The molecule has 2 aromatic rings. The summed E-state index contributed by atoms with van der Waals surface area (Å²) in [6.07, 6.45) is 0. The normalized spacial score (nSPS) is 10.8. The quantitative estimate of drug-likeness (QED) is 0.912. The summed E-state index contributed by atoms with van der Waals surface area (Å²) in [6, 6.07) is 8.06. The van der Waals surface area contributed by atoms with Crippen LogP contribution in [0.3, 0.4) is 0 Å². The molecule has 0 saturated carbocycles. The molecule has 0 aliphatic heterocycles. The maximum absolute atomic E-state index is 13.7. The molecule has 0 aliphatic carbocycles. The molecular weight excluding hydrogens is 241 g/mol. The number of nitrogens with zero attached hydrogens (tertiary/aromatic N) is 2. The van der Waals surface area contributed by atoms with E-state index in [0.29, 0.717) is 17.4 Å². The molecule has 4 heteroatoms. The Morgan fingerprint density at radius 1 is 1.11 bits per heavy atom. The lowest BCUT2D eigenvalue weighted by Crippen LogP contribution is -2.03. The second-order valence-electron chi connectivity index (χ2n) is 4.82. The zero-order valence-electron chi connectivity index (χ0n) is 11.7. The van der Waals surface area contributed by atoms with E-state index in [4.69, 9.17) is 0 Å². The van der Waals surface area contributed by atoms with Crippen LogP contribution in [-0.2, 0) is 0 Å². The third-order valence-corrected chi connectivity index (χ3v) is 3.09. The first-order valence-corrected chi connectivity index (χ1v) is 6.35. The Morgan fingerprint density at radius 2 is 1.74 bits per heavy atom. The van der Waals surface area contributed by atoms with Gasteiger partial charge in [0.05, 0.1) is 5.69 Å². The fraction of sp³-hybridized carbons (Fsp3) is 0.333. The van der Waals surface area contributed by atoms with Crippen molar-refractivity contribution in [3.05, 3.63) is 41.3 Å². The first-order chi connectivity index (χ1) is 9.02. The highest BCUT2D eigenvalue weighted by Gasteiger charge is 2.11. The molecule has 1 aromatic heterocycles. The third kappa shape index (κ3) is 2.72. The number of rotatable bonds is 3. The Labute approximate surface area is 112 Å². The van der Waals surface area contributed by atoms with Gasteiger partial charge in [-0.05, 0) is 18.4 Å². The predicted octanol–water partition coefficient (Wildman–Crippen LogP) is 3.76. The summed E-state index contributed by atoms with van der Waals surface area (Å²) in [7, 11) is 1.65. The van der Waals surface area contributed by atoms with Crippen molar-refractivity contribution in [3.63, 3.8) is 0 Å². The molecular formula is C15H18FN3. The number of nitrogens with one attached hydrogen (secondary N) is 1. The zero-order chi connectivity index (χ0) is 14.0. The number of halogens is 1. The van der Waals surface area contributed by atoms with E-state index in [1.807, 2.05) is 12.1 Å². The molecule has 0 fully saturated rings. The Bertz CT molecular complexity index is 577. The first kappa shape index (κ1) is 13.5. The van der Waals surface area contributed by atoms with Gasteiger partial charge in [0.15, 0.2) is 17.5 Å². The van der Waals surface area contributed by atoms with Crippen molar-refractivity contribution in [1.82, 2.24) is 9.97 Å². The van der Waals surface area contributed by atoms with Crippen LogP contribution in [0.2, 0.25) is 0 Å². The van der Waals surface area contributed by atoms with Crippen LogP contribution in [0.25, 0.3) is 11.4 Å². The minimum atomic E-state index is -0.398. The number of aryl methyl sites for hydroxylation is 1. The van der Waals surface area contributed by atoms with Crippen LogP contribution in [-0.4, -0.2) is 17.0 Å². The van der Waals surface area contributed by atoms with Gasteiger partial charge in [-0.2, -0.15) is 0 Å². The average molecular weight is 259 g/mol. The highest BCUT2D eigenvalue weighted by atomic mass is 19.1. The molecule has 2 rings (SSSR count). The number of hydrogen-bond donors (Lipinski definition) is 1. The summed E-state index contributed by atoms with van der Waals surface area (Å²) in [5.41, 5.74) is 2.50. The molecule has 1 aromatic carbocycles. The second-order valence-corrected chi connectivity index (χ2v) is 4.82. The van der Waals surface area contributed by atoms with E-state index in [0.717, 1.165) is 5.56 Å². The van der Waals surface area contributed by atoms with Gasteiger partial charge in [-0.25, -0.2) is 14.4 Å². The van der Waals surface area contributed by atoms with Crippen molar-refractivity contribution < 1.29 is 4.39 Å². The fourth-order valence-electron chi connectivity index (χ4n) is 1.87. The molecule has 1 heterocycles. The minimum Gasteiger partial charge on any atom is -0.371 e. The Kier molecular flexibility index (Phi) is 3.79. The van der Waals surface area contributed by atoms with Gasteiger partial charge >= 0.3 is 0 Å². The van der Waals surface area contributed by atoms with Crippen molar-refractivity contribution in [1.29, 1.82) is 0 Å². The minimum absolute atomic E-state index is 0.232. The van der Waals surface area contributed by atoms with Crippen molar-refractivity contribution in [3.8, 4) is 11.4 Å². The number of anilines is 1. The lowest BCUT2D eigenvalue weighted by molar-refractivity contribution is 0.607. The van der Waals surface area contributed by atoms with Gasteiger partial charge in [0, 0.05) is 12.6 Å². The largest absolute Gasteiger partial charge is 0.371 e. The van der Waals surface area contributed by atoms with E-state index in [1.165, 1.54) is 5.56 Å². The van der Waals surface area contributed by atoms with Crippen LogP contribution in [0.5, 0.6) is 0 Å². The zero-order valence-corrected chi connectivity index (χ0v) is 11.7. The van der Waals surface area contributed by atoms with Crippen LogP contribution in [0.4, 0.5) is 10.2 Å². The molecule has 0 amide bonds. The highest BCUT2D eigenvalue weighted by molar-refractivity contribution is 5.58. The van der Waals surface area contributed by atoms with E-state index in [9.17, 15) is 4.39 Å². The lowest BCUT2D eigenvalue weighted by atomic mass is 10.0. The van der Waals surface area contributed by atoms with Crippen LogP contribution in [0, 0.1) is 12.7 Å². The van der Waals surface area contributed by atoms with Gasteiger partial charge in [-0.1, -0.05) is 38.1 Å². The number of hydrogen-bond acceptors (Lipinski definition) is 3. The fourth-order valence-corrected chi connectivity index (χ4v) is 1.87. The SMILES string of the molecule is CNc1nc(-c2ccc(C(C)C)cc2)nc(C)c1F. The third-order valence-electron chi connectivity index (χ3n) is 3.09. The van der Waals surface area contributed by atoms with Crippen molar-refractivity contribution in [2.45, 2.75) is 26.7 Å². The monoisotopic (exact) mass is 259 g/mol. The van der Waals surface area contributed by atoms with E-state index in [2.05, 4.69) is 41.3 Å². The van der Waals surface area contributed by atoms with Crippen molar-refractivity contribution >= 4 is 5.82 Å². The second kappa shape index (κ2) is 5.34. The maximum atomic E-state index is 13.7. The topological polar surface area (TPSA) is 37.8 Å². The average Bonchev–Trinajstić information content (AvgIpc) is 2.41. The van der Waals surface area contributed by atoms with Gasteiger partial charge in [-0.15, -0.1) is 0 Å². The summed E-state index contributed by atoms with van der Waals surface area (Å²) >= 11 is 0. The van der Waals surface area contributed by atoms with Gasteiger partial charge in [-0.3, -0.25) is 0 Å². The van der Waals surface area contributed by atoms with Crippen molar-refractivity contribution in [2.75, 3.05) is 12.4 Å². The maximum Gasteiger partial charge on any atom is 0.186 e. The molecule has 0 spiro atoms. The van der Waals surface area contributed by atoms with Gasteiger partial charge in [0.1, 0.15) is 0 Å². The lowest BCUT2D eigenvalue weighted by Gasteiger charge is -2.09. The van der Waals surface area contributed by atoms with Gasteiger partial charge in [0.25, 0.3) is 0 Å². The summed E-state index contributed by atoms with van der Waals surface area (Å²) in [5.74, 6) is 0.858.